The van der Waals surface area contributed by atoms with Gasteiger partial charge < -0.3 is 9.88 Å². The fraction of sp³-hybridized carbons (Fsp3) is 0.417. The van der Waals surface area contributed by atoms with E-state index in [1.165, 1.54) is 6.33 Å². The summed E-state index contributed by atoms with van der Waals surface area (Å²) in [4.78, 5) is 33.0. The summed E-state index contributed by atoms with van der Waals surface area (Å²) in [5, 5.41) is 10.5. The number of imidazole rings is 1. The molecule has 1 aliphatic rings. The molecule has 0 aliphatic heterocycles. The van der Waals surface area contributed by atoms with Gasteiger partial charge in [-0.15, -0.1) is 0 Å². The molecule has 182 valence electrons. The van der Waals surface area contributed by atoms with Crippen molar-refractivity contribution in [3.8, 4) is 11.5 Å². The van der Waals surface area contributed by atoms with Gasteiger partial charge in [-0.05, 0) is 57.5 Å². The van der Waals surface area contributed by atoms with Gasteiger partial charge in [-0.25, -0.2) is 9.97 Å². The van der Waals surface area contributed by atoms with Gasteiger partial charge >= 0.3 is 0 Å². The van der Waals surface area contributed by atoms with Crippen LogP contribution >= 0.6 is 11.6 Å². The number of halogens is 1. The maximum absolute atomic E-state index is 12.8. The lowest BCUT2D eigenvalue weighted by Crippen LogP contribution is -2.39. The van der Waals surface area contributed by atoms with Crippen molar-refractivity contribution in [2.75, 3.05) is 13.6 Å². The summed E-state index contributed by atoms with van der Waals surface area (Å²) in [6, 6.07) is 5.51. The number of carbonyl (C=O) groups excluding carboxylic acids is 1. The van der Waals surface area contributed by atoms with Gasteiger partial charge in [0.05, 0.1) is 18.3 Å². The predicted octanol–water partition coefficient (Wildman–Crippen LogP) is 3.63. The van der Waals surface area contributed by atoms with E-state index in [9.17, 15) is 4.79 Å². The van der Waals surface area contributed by atoms with Crippen molar-refractivity contribution in [3.63, 3.8) is 0 Å². The van der Waals surface area contributed by atoms with Gasteiger partial charge in [0.2, 0.25) is 0 Å². The number of hydrogen-bond acceptors (Lipinski definition) is 7. The van der Waals surface area contributed by atoms with Crippen molar-refractivity contribution >= 4 is 28.5 Å². The molecule has 0 bridgehead atoms. The summed E-state index contributed by atoms with van der Waals surface area (Å²) in [5.41, 5.74) is 2.92. The number of pyridine rings is 2. The van der Waals surface area contributed by atoms with E-state index in [1.54, 1.807) is 24.5 Å². The van der Waals surface area contributed by atoms with Crippen LogP contribution in [0.4, 0.5) is 0 Å². The third kappa shape index (κ3) is 5.03. The number of rotatable bonds is 7. The number of H-pyrrole nitrogens is 1. The molecule has 0 radical (unpaired) electrons. The zero-order valence-electron chi connectivity index (χ0n) is 19.8. The Morgan fingerprint density at radius 2 is 2.17 bits per heavy atom. The molecule has 4 aromatic rings. The molecule has 1 aliphatic carbocycles. The molecule has 2 N–H and O–H groups in total. The lowest BCUT2D eigenvalue weighted by atomic mass is 9.90. The highest BCUT2D eigenvalue weighted by molar-refractivity contribution is 6.30. The first kappa shape index (κ1) is 23.4. The number of aromatic nitrogens is 7. The van der Waals surface area contributed by atoms with Gasteiger partial charge in [0.15, 0.2) is 5.82 Å². The largest absolute Gasteiger partial charge is 0.348 e. The number of carbonyl (C=O) groups is 1. The second-order valence-electron chi connectivity index (χ2n) is 8.97. The van der Waals surface area contributed by atoms with Gasteiger partial charge in [-0.2, -0.15) is 5.10 Å². The molecule has 0 spiro atoms. The monoisotopic (exact) mass is 493 g/mol. The molecule has 2 atom stereocenters. The summed E-state index contributed by atoms with van der Waals surface area (Å²) in [7, 11) is 2.09. The summed E-state index contributed by atoms with van der Waals surface area (Å²) >= 11 is 6.05. The smallest absolute Gasteiger partial charge is 0.270 e. The van der Waals surface area contributed by atoms with Crippen molar-refractivity contribution in [3.05, 3.63) is 53.5 Å². The Morgan fingerprint density at radius 3 is 2.94 bits per heavy atom. The first-order valence-electron chi connectivity index (χ1n) is 11.9. The molecule has 0 aromatic carbocycles. The molecule has 10 nitrogen and oxygen atoms in total. The summed E-state index contributed by atoms with van der Waals surface area (Å²) < 4.78 is 2.33. The third-order valence-electron chi connectivity index (χ3n) is 6.56. The van der Waals surface area contributed by atoms with E-state index in [0.717, 1.165) is 61.3 Å². The Balaban J connectivity index is 1.46. The van der Waals surface area contributed by atoms with Crippen molar-refractivity contribution in [2.24, 2.45) is 0 Å². The first-order valence-corrected chi connectivity index (χ1v) is 12.2. The number of amides is 1. The second-order valence-corrected chi connectivity index (χ2v) is 9.41. The van der Waals surface area contributed by atoms with E-state index < -0.39 is 0 Å². The topological polar surface area (TPSA) is 118 Å². The van der Waals surface area contributed by atoms with E-state index in [4.69, 9.17) is 16.6 Å². The van der Waals surface area contributed by atoms with Crippen molar-refractivity contribution in [2.45, 2.75) is 51.2 Å². The normalized spacial score (nSPS) is 18.3. The van der Waals surface area contributed by atoms with Crippen LogP contribution in [0.25, 0.3) is 22.6 Å². The zero-order chi connectivity index (χ0) is 24.4. The maximum Gasteiger partial charge on any atom is 0.270 e. The highest BCUT2D eigenvalue weighted by Gasteiger charge is 2.28. The minimum absolute atomic E-state index is 0.0341. The van der Waals surface area contributed by atoms with Crippen LogP contribution in [0, 0.1) is 0 Å². The Bertz CT molecular complexity index is 1320. The highest BCUT2D eigenvalue weighted by atomic mass is 35.5. The van der Waals surface area contributed by atoms with Crippen LogP contribution in [0.3, 0.4) is 0 Å². The molecule has 35 heavy (non-hydrogen) atoms. The predicted molar refractivity (Wildman–Crippen MR) is 133 cm³/mol. The Kier molecular flexibility index (Phi) is 6.74. The number of aromatic amines is 1. The van der Waals surface area contributed by atoms with Crippen LogP contribution in [0.15, 0.2) is 36.9 Å². The van der Waals surface area contributed by atoms with E-state index >= 15 is 0 Å². The molecule has 1 fully saturated rings. The molecule has 11 heteroatoms. The minimum atomic E-state index is -0.198. The SMILES string of the molecule is CCN(C)Cc1nc2cnc(-c3ncn[nH]3)cc2n1[C@@H]1CCC[C@H](NC(=O)c2cc(Cl)ccn2)C1. The molecule has 0 unspecified atom stereocenters. The fourth-order valence-electron chi connectivity index (χ4n) is 4.70. The molecule has 4 heterocycles. The maximum atomic E-state index is 12.8. The zero-order valence-corrected chi connectivity index (χ0v) is 20.5. The summed E-state index contributed by atoms with van der Waals surface area (Å²) in [5.74, 6) is 1.42. The van der Waals surface area contributed by atoms with E-state index in [-0.39, 0.29) is 18.0 Å². The molecule has 4 aromatic heterocycles. The standard InChI is InChI=1S/C24H28ClN9O/c1-3-33(2)13-22-31-20-12-27-18(23-28-14-29-32-23)11-21(20)34(22)17-6-4-5-16(10-17)30-24(35)19-9-15(25)7-8-26-19/h7-9,11-12,14,16-17H,3-6,10,13H2,1-2H3,(H,30,35)(H,28,29,32)/t16-,17+/m0/s1. The number of nitrogens with one attached hydrogen (secondary N) is 2. The van der Waals surface area contributed by atoms with Gasteiger partial charge in [-0.3, -0.25) is 24.8 Å². The molecule has 1 saturated carbocycles. The van der Waals surface area contributed by atoms with E-state index in [0.29, 0.717) is 16.5 Å². The molecular formula is C24H28ClN9O. The van der Waals surface area contributed by atoms with Crippen molar-refractivity contribution in [1.82, 2.24) is 44.9 Å². The third-order valence-corrected chi connectivity index (χ3v) is 6.79. The van der Waals surface area contributed by atoms with Crippen molar-refractivity contribution in [1.29, 1.82) is 0 Å². The van der Waals surface area contributed by atoms with Crippen molar-refractivity contribution < 1.29 is 4.79 Å². The lowest BCUT2D eigenvalue weighted by Gasteiger charge is -2.32. The van der Waals surface area contributed by atoms with Crippen LogP contribution in [0.5, 0.6) is 0 Å². The number of hydrogen-bond donors (Lipinski definition) is 2. The molecular weight excluding hydrogens is 466 g/mol. The summed E-state index contributed by atoms with van der Waals surface area (Å²) in [6.07, 6.45) is 8.56. The van der Waals surface area contributed by atoms with Crippen LogP contribution in [-0.2, 0) is 6.54 Å². The van der Waals surface area contributed by atoms with E-state index in [1.807, 2.05) is 6.07 Å². The minimum Gasteiger partial charge on any atom is -0.348 e. The molecule has 5 rings (SSSR count). The second kappa shape index (κ2) is 10.1. The average molecular weight is 494 g/mol. The van der Waals surface area contributed by atoms with E-state index in [2.05, 4.69) is 53.9 Å². The Labute approximate surface area is 208 Å². The average Bonchev–Trinajstić information content (AvgIpc) is 3.51. The van der Waals surface area contributed by atoms with Gasteiger partial charge in [0.1, 0.15) is 29.1 Å². The van der Waals surface area contributed by atoms with Crippen LogP contribution in [0.2, 0.25) is 5.02 Å². The number of nitrogens with zero attached hydrogens (tertiary/aromatic N) is 7. The lowest BCUT2D eigenvalue weighted by molar-refractivity contribution is 0.0915. The molecule has 0 saturated heterocycles. The number of fused-ring (bicyclic) bond motifs is 1. The highest BCUT2D eigenvalue weighted by Crippen LogP contribution is 2.34. The summed E-state index contributed by atoms with van der Waals surface area (Å²) in [6.45, 7) is 3.77. The Morgan fingerprint density at radius 1 is 1.29 bits per heavy atom. The quantitative estimate of drug-likeness (QED) is 0.403. The van der Waals surface area contributed by atoms with Gasteiger partial charge in [-0.1, -0.05) is 18.5 Å². The van der Waals surface area contributed by atoms with Crippen LogP contribution in [0.1, 0.15) is 55.0 Å². The first-order chi connectivity index (χ1) is 17.0. The van der Waals surface area contributed by atoms with Gasteiger partial charge in [0.25, 0.3) is 5.91 Å². The van der Waals surface area contributed by atoms with Crippen LogP contribution < -0.4 is 5.32 Å². The van der Waals surface area contributed by atoms with Gasteiger partial charge in [0, 0.05) is 23.3 Å². The van der Waals surface area contributed by atoms with Crippen LogP contribution in [-0.4, -0.2) is 65.1 Å². The Hall–Kier alpha value is -3.37. The fourth-order valence-corrected chi connectivity index (χ4v) is 4.86. The molecule has 1 amide bonds.